The van der Waals surface area contributed by atoms with Crippen LogP contribution in [0.3, 0.4) is 0 Å². The van der Waals surface area contributed by atoms with Crippen molar-refractivity contribution in [3.63, 3.8) is 0 Å². The van der Waals surface area contributed by atoms with E-state index in [0.29, 0.717) is 23.0 Å². The summed E-state index contributed by atoms with van der Waals surface area (Å²) in [5.41, 5.74) is 0.526. The minimum absolute atomic E-state index is 0.0964. The first-order chi connectivity index (χ1) is 18.0. The first-order valence-electron chi connectivity index (χ1n) is 11.0. The molecule has 0 bridgehead atoms. The normalized spacial score (nSPS) is 13.5. The van der Waals surface area contributed by atoms with E-state index in [2.05, 4.69) is 9.47 Å². The summed E-state index contributed by atoms with van der Waals surface area (Å²) in [6.07, 6.45) is 0. The predicted molar refractivity (Wildman–Crippen MR) is 125 cm³/mol. The van der Waals surface area contributed by atoms with Gasteiger partial charge in [0, 0.05) is 0 Å². The van der Waals surface area contributed by atoms with E-state index in [4.69, 9.17) is 14.2 Å². The molecule has 0 radical (unpaired) electrons. The fraction of sp³-hybridized carbons (Fsp3) is 0. The van der Waals surface area contributed by atoms with Gasteiger partial charge >= 0.3 is 23.9 Å². The molecular formula is C28H14O9. The zero-order valence-electron chi connectivity index (χ0n) is 18.8. The summed E-state index contributed by atoms with van der Waals surface area (Å²) < 4.78 is 26.7. The van der Waals surface area contributed by atoms with Crippen LogP contribution in [0, 0.1) is 0 Å². The zero-order chi connectivity index (χ0) is 25.5. The Bertz CT molecular complexity index is 1480. The number of hydrogen-bond donors (Lipinski definition) is 0. The van der Waals surface area contributed by atoms with Crippen LogP contribution < -0.4 is 14.2 Å². The van der Waals surface area contributed by atoms with Gasteiger partial charge in [0.15, 0.2) is 0 Å². The Labute approximate surface area is 208 Å². The van der Waals surface area contributed by atoms with Crippen molar-refractivity contribution in [2.45, 2.75) is 0 Å². The van der Waals surface area contributed by atoms with E-state index in [0.717, 1.165) is 0 Å². The van der Waals surface area contributed by atoms with Crippen LogP contribution in [0.25, 0.3) is 0 Å². The van der Waals surface area contributed by atoms with Crippen molar-refractivity contribution in [3.8, 4) is 34.5 Å². The Hall–Kier alpha value is -5.44. The molecule has 4 aromatic rings. The van der Waals surface area contributed by atoms with Crippen LogP contribution in [0.2, 0.25) is 0 Å². The third kappa shape index (κ3) is 4.04. The van der Waals surface area contributed by atoms with Gasteiger partial charge < -0.3 is 23.7 Å². The molecule has 4 aromatic carbocycles. The average molecular weight is 494 g/mol. The maximum Gasteiger partial charge on any atom is 0.350 e. The monoisotopic (exact) mass is 494 g/mol. The average Bonchev–Trinajstić information content (AvgIpc) is 3.36. The van der Waals surface area contributed by atoms with Gasteiger partial charge in [0.1, 0.15) is 45.6 Å². The summed E-state index contributed by atoms with van der Waals surface area (Å²) in [7, 11) is 0. The van der Waals surface area contributed by atoms with Crippen LogP contribution in [0.1, 0.15) is 41.4 Å². The molecule has 2 heterocycles. The first-order valence-corrected chi connectivity index (χ1v) is 11.0. The van der Waals surface area contributed by atoms with Crippen molar-refractivity contribution in [3.05, 3.63) is 107 Å². The summed E-state index contributed by atoms with van der Waals surface area (Å²) in [4.78, 5) is 47.4. The molecular weight excluding hydrogens is 480 g/mol. The first kappa shape index (κ1) is 22.1. The van der Waals surface area contributed by atoms with Gasteiger partial charge in [0.05, 0.1) is 11.1 Å². The van der Waals surface area contributed by atoms with Gasteiger partial charge in [0.25, 0.3) is 0 Å². The predicted octanol–water partition coefficient (Wildman–Crippen LogP) is 5.68. The lowest BCUT2D eigenvalue weighted by Gasteiger charge is -2.11. The standard InChI is InChI=1S/C28H14O9/c29-25-19-3-1-5-21(23(19)27(31)36-25)34-17-11-7-15(8-12-17)33-16-9-13-18(14-10-16)35-22-6-2-4-20-24(22)28(32)37-26(20)30/h1-14H. The number of hydrogen-bond acceptors (Lipinski definition) is 9. The molecule has 2 aliphatic heterocycles. The molecule has 0 N–H and O–H groups in total. The largest absolute Gasteiger partial charge is 0.457 e. The van der Waals surface area contributed by atoms with E-state index in [1.54, 1.807) is 72.8 Å². The van der Waals surface area contributed by atoms with Crippen molar-refractivity contribution in [1.29, 1.82) is 0 Å². The molecule has 9 heteroatoms. The molecule has 0 unspecified atom stereocenters. The molecule has 0 saturated carbocycles. The van der Waals surface area contributed by atoms with Gasteiger partial charge in [-0.1, -0.05) is 12.1 Å². The summed E-state index contributed by atoms with van der Waals surface area (Å²) >= 11 is 0. The van der Waals surface area contributed by atoms with Crippen LogP contribution in [-0.2, 0) is 9.47 Å². The Morgan fingerprint density at radius 2 is 0.757 bits per heavy atom. The molecule has 0 aromatic heterocycles. The second-order valence-electron chi connectivity index (χ2n) is 7.96. The Balaban J connectivity index is 1.13. The van der Waals surface area contributed by atoms with E-state index in [1.807, 2.05) is 0 Å². The molecule has 0 saturated heterocycles. The minimum Gasteiger partial charge on any atom is -0.457 e. The van der Waals surface area contributed by atoms with Gasteiger partial charge in [-0.3, -0.25) is 0 Å². The molecule has 37 heavy (non-hydrogen) atoms. The molecule has 0 atom stereocenters. The van der Waals surface area contributed by atoms with Gasteiger partial charge in [-0.15, -0.1) is 0 Å². The van der Waals surface area contributed by atoms with Crippen LogP contribution >= 0.6 is 0 Å². The number of esters is 4. The fourth-order valence-electron chi connectivity index (χ4n) is 3.92. The Morgan fingerprint density at radius 1 is 0.405 bits per heavy atom. The van der Waals surface area contributed by atoms with Crippen molar-refractivity contribution in [1.82, 2.24) is 0 Å². The number of carbonyl (C=O) groups excluding carboxylic acids is 4. The Kier molecular flexibility index (Phi) is 5.16. The smallest absolute Gasteiger partial charge is 0.350 e. The highest BCUT2D eigenvalue weighted by molar-refractivity contribution is 6.16. The highest BCUT2D eigenvalue weighted by Gasteiger charge is 2.34. The summed E-state index contributed by atoms with van der Waals surface area (Å²) in [5.74, 6) is -0.522. The molecule has 6 rings (SSSR count). The highest BCUT2D eigenvalue weighted by Crippen LogP contribution is 2.35. The number of carbonyl (C=O) groups is 4. The number of benzene rings is 4. The molecule has 180 valence electrons. The maximum atomic E-state index is 12.0. The summed E-state index contributed by atoms with van der Waals surface area (Å²) in [6, 6.07) is 22.7. The summed E-state index contributed by atoms with van der Waals surface area (Å²) in [6.45, 7) is 0. The maximum absolute atomic E-state index is 12.0. The van der Waals surface area contributed by atoms with Gasteiger partial charge in [-0.2, -0.15) is 0 Å². The van der Waals surface area contributed by atoms with Crippen molar-refractivity contribution >= 4 is 23.9 Å². The number of fused-ring (bicyclic) bond motifs is 2. The van der Waals surface area contributed by atoms with Crippen LogP contribution in [0.15, 0.2) is 84.9 Å². The van der Waals surface area contributed by atoms with E-state index in [1.165, 1.54) is 12.1 Å². The lowest BCUT2D eigenvalue weighted by atomic mass is 10.1. The van der Waals surface area contributed by atoms with E-state index in [-0.39, 0.29) is 33.8 Å². The fourth-order valence-corrected chi connectivity index (χ4v) is 3.92. The van der Waals surface area contributed by atoms with Gasteiger partial charge in [0.2, 0.25) is 0 Å². The molecule has 2 aliphatic rings. The van der Waals surface area contributed by atoms with E-state index in [9.17, 15) is 19.2 Å². The quantitative estimate of drug-likeness (QED) is 0.246. The van der Waals surface area contributed by atoms with Crippen molar-refractivity contribution < 1.29 is 42.9 Å². The zero-order valence-corrected chi connectivity index (χ0v) is 18.8. The van der Waals surface area contributed by atoms with Crippen LogP contribution in [0.5, 0.6) is 34.5 Å². The second kappa shape index (κ2) is 8.65. The van der Waals surface area contributed by atoms with Crippen LogP contribution in [0.4, 0.5) is 0 Å². The molecule has 9 nitrogen and oxygen atoms in total. The molecule has 0 amide bonds. The highest BCUT2D eigenvalue weighted by atomic mass is 16.6. The summed E-state index contributed by atoms with van der Waals surface area (Å²) in [5, 5.41) is 0. The van der Waals surface area contributed by atoms with Gasteiger partial charge in [-0.05, 0) is 72.8 Å². The SMILES string of the molecule is O=C1OC(=O)c2c(Oc3ccc(Oc4ccc(Oc5cccc6c5C(=O)OC6=O)cc4)cc3)cccc21. The lowest BCUT2D eigenvalue weighted by Crippen LogP contribution is -1.98. The van der Waals surface area contributed by atoms with Gasteiger partial charge in [-0.25, -0.2) is 19.2 Å². The topological polar surface area (TPSA) is 114 Å². The molecule has 0 spiro atoms. The third-order valence-corrected chi connectivity index (χ3v) is 5.61. The molecule has 0 aliphatic carbocycles. The number of cyclic esters (lactones) is 4. The lowest BCUT2D eigenvalue weighted by molar-refractivity contribution is 0.0424. The van der Waals surface area contributed by atoms with Crippen molar-refractivity contribution in [2.24, 2.45) is 0 Å². The Morgan fingerprint density at radius 3 is 1.14 bits per heavy atom. The third-order valence-electron chi connectivity index (χ3n) is 5.61. The minimum atomic E-state index is -0.743. The van der Waals surface area contributed by atoms with Crippen molar-refractivity contribution in [2.75, 3.05) is 0 Å². The van der Waals surface area contributed by atoms with Crippen LogP contribution in [-0.4, -0.2) is 23.9 Å². The van der Waals surface area contributed by atoms with E-state index >= 15 is 0 Å². The van der Waals surface area contributed by atoms with E-state index < -0.39 is 23.9 Å². The number of ether oxygens (including phenoxy) is 5. The second-order valence-corrected chi connectivity index (χ2v) is 7.96. The molecule has 0 fully saturated rings. The number of rotatable bonds is 6.